The molecule has 0 N–H and O–H groups in total. The van der Waals surface area contributed by atoms with E-state index >= 15 is 0 Å². The maximum atomic E-state index is 13.7. The summed E-state index contributed by atoms with van der Waals surface area (Å²) in [7, 11) is 0. The molecule has 5 rings (SSSR count). The summed E-state index contributed by atoms with van der Waals surface area (Å²) in [6, 6.07) is 23.7. The number of carbonyl (C=O) groups excluding carboxylic acids is 2. The summed E-state index contributed by atoms with van der Waals surface area (Å²) in [5.41, 5.74) is 2.17. The minimum Gasteiger partial charge on any atom is -0.494 e. The van der Waals surface area contributed by atoms with E-state index in [1.165, 1.54) is 4.90 Å². The highest BCUT2D eigenvalue weighted by Gasteiger charge is 2.60. The van der Waals surface area contributed by atoms with Gasteiger partial charge in [0.05, 0.1) is 30.6 Å². The molecule has 0 bridgehead atoms. The third kappa shape index (κ3) is 4.23. The van der Waals surface area contributed by atoms with E-state index < -0.39 is 18.1 Å². The molecule has 2 fully saturated rings. The van der Waals surface area contributed by atoms with Crippen LogP contribution >= 0.6 is 0 Å². The van der Waals surface area contributed by atoms with Gasteiger partial charge in [0, 0.05) is 0 Å². The van der Waals surface area contributed by atoms with E-state index in [0.29, 0.717) is 24.7 Å². The predicted octanol–water partition coefficient (Wildman–Crippen LogP) is 4.93. The van der Waals surface area contributed by atoms with Gasteiger partial charge in [-0.25, -0.2) is 9.96 Å². The minimum absolute atomic E-state index is 0.278. The first-order valence-corrected chi connectivity index (χ1v) is 12.0. The van der Waals surface area contributed by atoms with Gasteiger partial charge < -0.3 is 9.47 Å². The van der Waals surface area contributed by atoms with Crippen LogP contribution < -0.4 is 19.4 Å². The molecule has 2 aliphatic heterocycles. The first kappa shape index (κ1) is 22.9. The monoisotopic (exact) mass is 472 g/mol. The number of anilines is 2. The maximum Gasteiger partial charge on any atom is 0.266 e. The van der Waals surface area contributed by atoms with Crippen molar-refractivity contribution in [3.63, 3.8) is 0 Å². The van der Waals surface area contributed by atoms with Crippen LogP contribution in [0.1, 0.15) is 31.9 Å². The fourth-order valence-corrected chi connectivity index (χ4v) is 4.65. The summed E-state index contributed by atoms with van der Waals surface area (Å²) >= 11 is 0. The molecule has 7 heteroatoms. The smallest absolute Gasteiger partial charge is 0.266 e. The zero-order valence-corrected chi connectivity index (χ0v) is 19.8. The van der Waals surface area contributed by atoms with E-state index in [1.54, 1.807) is 29.3 Å². The molecule has 35 heavy (non-hydrogen) atoms. The van der Waals surface area contributed by atoms with Crippen LogP contribution in [0.3, 0.4) is 0 Å². The number of hydrogen-bond donors (Lipinski definition) is 0. The van der Waals surface area contributed by atoms with Crippen molar-refractivity contribution in [1.29, 1.82) is 0 Å². The van der Waals surface area contributed by atoms with Gasteiger partial charge in [-0.15, -0.1) is 0 Å². The first-order chi connectivity index (χ1) is 17.1. The Balaban J connectivity index is 1.48. The molecule has 0 radical (unpaired) electrons. The molecule has 2 heterocycles. The number of hydrogen-bond acceptors (Lipinski definition) is 6. The molecule has 3 atom stereocenters. The normalized spacial score (nSPS) is 21.4. The lowest BCUT2D eigenvalue weighted by molar-refractivity contribution is -0.126. The molecular weight excluding hydrogens is 444 g/mol. The predicted molar refractivity (Wildman–Crippen MR) is 132 cm³/mol. The summed E-state index contributed by atoms with van der Waals surface area (Å²) in [6.07, 6.45) is -0.00793. The van der Waals surface area contributed by atoms with Crippen LogP contribution in [0, 0.1) is 5.92 Å². The standard InChI is InChI=1S/C28H28N2O5/c1-3-18-34-23-16-12-20(13-17-23)29-27(31)24-25(19-10-14-22(15-11-19)33-4-2)30(35-26(24)28(29)32)21-8-6-5-7-9-21/h5-17,24-26H,3-4,18H2,1-2H3/t24-,25+,26+/m0/s1. The van der Waals surface area contributed by atoms with Gasteiger partial charge >= 0.3 is 0 Å². The van der Waals surface area contributed by atoms with Crippen molar-refractivity contribution < 1.29 is 23.9 Å². The van der Waals surface area contributed by atoms with Gasteiger partial charge in [-0.05, 0) is 67.4 Å². The molecule has 3 aromatic rings. The Morgan fingerprint density at radius 3 is 2.09 bits per heavy atom. The molecule has 0 spiro atoms. The Kier molecular flexibility index (Phi) is 6.42. The van der Waals surface area contributed by atoms with Crippen LogP contribution in [-0.4, -0.2) is 31.1 Å². The molecule has 2 aliphatic rings. The molecule has 2 amide bonds. The zero-order valence-electron chi connectivity index (χ0n) is 19.8. The lowest BCUT2D eigenvalue weighted by atomic mass is 9.90. The van der Waals surface area contributed by atoms with Crippen molar-refractivity contribution in [2.45, 2.75) is 32.4 Å². The van der Waals surface area contributed by atoms with Crippen molar-refractivity contribution >= 4 is 23.2 Å². The maximum absolute atomic E-state index is 13.7. The number of rotatable bonds is 8. The van der Waals surface area contributed by atoms with Crippen LogP contribution in [0.25, 0.3) is 0 Å². The van der Waals surface area contributed by atoms with Gasteiger partial charge in [0.2, 0.25) is 5.91 Å². The van der Waals surface area contributed by atoms with E-state index in [-0.39, 0.29) is 11.8 Å². The van der Waals surface area contributed by atoms with E-state index in [0.717, 1.165) is 23.4 Å². The molecule has 180 valence electrons. The van der Waals surface area contributed by atoms with Crippen molar-refractivity contribution in [2.75, 3.05) is 23.2 Å². The van der Waals surface area contributed by atoms with Gasteiger partial charge in [-0.3, -0.25) is 14.4 Å². The number of para-hydroxylation sites is 1. The number of ether oxygens (including phenoxy) is 2. The third-order valence-electron chi connectivity index (χ3n) is 6.23. The summed E-state index contributed by atoms with van der Waals surface area (Å²) in [5.74, 6) is 0.125. The average Bonchev–Trinajstić information content (AvgIpc) is 3.40. The molecule has 7 nitrogen and oxygen atoms in total. The fraction of sp³-hybridized carbons (Fsp3) is 0.286. The number of carbonyl (C=O) groups is 2. The Bertz CT molecular complexity index is 1180. The van der Waals surface area contributed by atoms with E-state index in [2.05, 4.69) is 0 Å². The molecule has 0 saturated carbocycles. The Labute approximate surface area is 204 Å². The number of nitrogens with zero attached hydrogens (tertiary/aromatic N) is 2. The van der Waals surface area contributed by atoms with E-state index in [9.17, 15) is 9.59 Å². The van der Waals surface area contributed by atoms with Crippen LogP contribution in [-0.2, 0) is 14.4 Å². The number of fused-ring (bicyclic) bond motifs is 1. The average molecular weight is 473 g/mol. The lowest BCUT2D eigenvalue weighted by Gasteiger charge is -2.29. The minimum atomic E-state index is -0.907. The van der Waals surface area contributed by atoms with Crippen molar-refractivity contribution in [3.8, 4) is 11.5 Å². The van der Waals surface area contributed by atoms with E-state index in [4.69, 9.17) is 14.3 Å². The van der Waals surface area contributed by atoms with E-state index in [1.807, 2.05) is 68.4 Å². The largest absolute Gasteiger partial charge is 0.494 e. The molecule has 0 aliphatic carbocycles. The molecule has 3 aromatic carbocycles. The van der Waals surface area contributed by atoms with Crippen molar-refractivity contribution in [1.82, 2.24) is 0 Å². The molecule has 0 aromatic heterocycles. The second kappa shape index (κ2) is 9.80. The summed E-state index contributed by atoms with van der Waals surface area (Å²) < 4.78 is 11.2. The van der Waals surface area contributed by atoms with Crippen LogP contribution in [0.4, 0.5) is 11.4 Å². The Hall–Kier alpha value is -3.84. The summed E-state index contributed by atoms with van der Waals surface area (Å²) in [4.78, 5) is 34.6. The zero-order chi connectivity index (χ0) is 24.4. The second-order valence-electron chi connectivity index (χ2n) is 8.51. The Morgan fingerprint density at radius 2 is 1.43 bits per heavy atom. The number of imide groups is 1. The van der Waals surface area contributed by atoms with Crippen molar-refractivity contribution in [3.05, 3.63) is 84.4 Å². The number of benzene rings is 3. The van der Waals surface area contributed by atoms with Crippen LogP contribution in [0.15, 0.2) is 78.9 Å². The second-order valence-corrected chi connectivity index (χ2v) is 8.51. The van der Waals surface area contributed by atoms with Gasteiger partial charge in [0.15, 0.2) is 6.10 Å². The van der Waals surface area contributed by atoms with Crippen LogP contribution in [0.2, 0.25) is 0 Å². The number of hydroxylamine groups is 1. The Morgan fingerprint density at radius 1 is 0.771 bits per heavy atom. The molecule has 0 unspecified atom stereocenters. The lowest BCUT2D eigenvalue weighted by Crippen LogP contribution is -2.37. The van der Waals surface area contributed by atoms with Crippen molar-refractivity contribution in [2.24, 2.45) is 5.92 Å². The van der Waals surface area contributed by atoms with Gasteiger partial charge in [-0.2, -0.15) is 0 Å². The van der Waals surface area contributed by atoms with Gasteiger partial charge in [0.25, 0.3) is 5.91 Å². The van der Waals surface area contributed by atoms with Gasteiger partial charge in [0.1, 0.15) is 17.4 Å². The third-order valence-corrected chi connectivity index (χ3v) is 6.23. The highest BCUT2D eigenvalue weighted by Crippen LogP contribution is 2.47. The molecule has 2 saturated heterocycles. The SMILES string of the molecule is CCCOc1ccc(N2C(=O)[C@H]3[C@@H](c4ccc(OCC)cc4)N(c4ccccc4)O[C@H]3C2=O)cc1. The highest BCUT2D eigenvalue weighted by atomic mass is 16.7. The van der Waals surface area contributed by atoms with Crippen LogP contribution in [0.5, 0.6) is 11.5 Å². The quantitative estimate of drug-likeness (QED) is 0.433. The summed E-state index contributed by atoms with van der Waals surface area (Å²) in [6.45, 7) is 5.14. The fourth-order valence-electron chi connectivity index (χ4n) is 4.65. The first-order valence-electron chi connectivity index (χ1n) is 12.0. The topological polar surface area (TPSA) is 68.3 Å². The summed E-state index contributed by atoms with van der Waals surface area (Å²) in [5, 5.41) is 1.69. The highest BCUT2D eigenvalue weighted by molar-refractivity contribution is 6.23. The number of amides is 2. The molecular formula is C28H28N2O5. The van der Waals surface area contributed by atoms with Gasteiger partial charge in [-0.1, -0.05) is 37.3 Å².